The third-order valence-electron chi connectivity index (χ3n) is 5.45. The van der Waals surface area contributed by atoms with Gasteiger partial charge in [0.05, 0.1) is 27.3 Å². The molecule has 12 heteroatoms. The molecule has 1 saturated carbocycles. The molecule has 29 heavy (non-hydrogen) atoms. The van der Waals surface area contributed by atoms with E-state index in [0.29, 0.717) is 6.42 Å². The van der Waals surface area contributed by atoms with Gasteiger partial charge in [0, 0.05) is 0 Å². The lowest BCUT2D eigenvalue weighted by Gasteiger charge is -2.32. The van der Waals surface area contributed by atoms with Crippen molar-refractivity contribution in [1.82, 2.24) is 0 Å². The number of aliphatic carboxylic acids is 1. The van der Waals surface area contributed by atoms with Gasteiger partial charge in [-0.2, -0.15) is 0 Å². The molecule has 0 saturated heterocycles. The van der Waals surface area contributed by atoms with E-state index in [9.17, 15) is 19.5 Å². The first-order chi connectivity index (χ1) is 13.1. The molecule has 164 valence electrons. The molecular formula is C17H18Cl6O6. The fourth-order valence-corrected chi connectivity index (χ4v) is 6.22. The Balaban J connectivity index is 2.20. The molecule has 0 spiro atoms. The van der Waals surface area contributed by atoms with Gasteiger partial charge in [0.15, 0.2) is 4.33 Å². The lowest BCUT2D eigenvalue weighted by Crippen LogP contribution is -2.46. The summed E-state index contributed by atoms with van der Waals surface area (Å²) in [6, 6.07) is 0. The molecule has 2 bridgehead atoms. The van der Waals surface area contributed by atoms with Gasteiger partial charge >= 0.3 is 17.9 Å². The summed E-state index contributed by atoms with van der Waals surface area (Å²) in [5, 5.41) is 9.01. The molecule has 2 aliphatic rings. The third-order valence-corrected chi connectivity index (χ3v) is 9.71. The van der Waals surface area contributed by atoms with Crippen molar-refractivity contribution < 1.29 is 29.0 Å². The largest absolute Gasteiger partial charge is 0.481 e. The van der Waals surface area contributed by atoms with Gasteiger partial charge in [-0.05, 0) is 20.3 Å². The maximum atomic E-state index is 12.7. The van der Waals surface area contributed by atoms with Crippen LogP contribution in [-0.4, -0.2) is 50.3 Å². The standard InChI is InChI=1S/C17H18Cl6O6/c1-4-14(2,3)13(27)29-6-5-28-12(26)8-7(11(24)25)15(20)9(18)10(19)16(8,21)17(15,22)23/h7-8H,4-6H2,1-3H3,(H,24,25). The number of esters is 2. The van der Waals surface area contributed by atoms with Crippen molar-refractivity contribution in [3.05, 3.63) is 10.1 Å². The molecule has 0 aromatic heterocycles. The summed E-state index contributed by atoms with van der Waals surface area (Å²) in [4.78, 5) is 32.3. The Labute approximate surface area is 197 Å². The number of halogens is 6. The fraction of sp³-hybridized carbons (Fsp3) is 0.706. The Kier molecular flexibility index (Phi) is 7.03. The molecule has 0 aromatic rings. The van der Waals surface area contributed by atoms with E-state index in [2.05, 4.69) is 0 Å². The predicted molar refractivity (Wildman–Crippen MR) is 111 cm³/mol. The van der Waals surface area contributed by atoms with Gasteiger partial charge in [0.2, 0.25) is 0 Å². The van der Waals surface area contributed by atoms with E-state index >= 15 is 0 Å². The molecule has 2 rings (SSSR count). The topological polar surface area (TPSA) is 89.9 Å². The van der Waals surface area contributed by atoms with E-state index in [1.54, 1.807) is 13.8 Å². The molecule has 4 atom stereocenters. The van der Waals surface area contributed by atoms with Gasteiger partial charge in [-0.3, -0.25) is 14.4 Å². The minimum Gasteiger partial charge on any atom is -0.481 e. The highest BCUT2D eigenvalue weighted by molar-refractivity contribution is 6.66. The monoisotopic (exact) mass is 528 g/mol. The lowest BCUT2D eigenvalue weighted by molar-refractivity contribution is -0.163. The molecule has 2 aliphatic carbocycles. The smallest absolute Gasteiger partial charge is 0.312 e. The molecule has 1 N–H and O–H groups in total. The Morgan fingerprint density at radius 2 is 1.41 bits per heavy atom. The number of carboxylic acids is 1. The van der Waals surface area contributed by atoms with Gasteiger partial charge in [0.25, 0.3) is 0 Å². The van der Waals surface area contributed by atoms with Gasteiger partial charge < -0.3 is 14.6 Å². The number of alkyl halides is 4. The summed E-state index contributed by atoms with van der Waals surface area (Å²) >= 11 is 37.7. The van der Waals surface area contributed by atoms with Crippen molar-refractivity contribution in [2.75, 3.05) is 13.2 Å². The Bertz CT molecular complexity index is 780. The van der Waals surface area contributed by atoms with E-state index in [4.69, 9.17) is 79.1 Å². The van der Waals surface area contributed by atoms with Crippen LogP contribution in [0.3, 0.4) is 0 Å². The first-order valence-corrected chi connectivity index (χ1v) is 10.8. The van der Waals surface area contributed by atoms with Crippen LogP contribution in [-0.2, 0) is 23.9 Å². The van der Waals surface area contributed by atoms with Crippen molar-refractivity contribution in [3.63, 3.8) is 0 Å². The minimum atomic E-state index is -2.21. The first-order valence-electron chi connectivity index (χ1n) is 8.50. The second-order valence-electron chi connectivity index (χ2n) is 7.46. The summed E-state index contributed by atoms with van der Waals surface area (Å²) < 4.78 is 7.94. The summed E-state index contributed by atoms with van der Waals surface area (Å²) in [5.41, 5.74) is -0.694. The maximum Gasteiger partial charge on any atom is 0.312 e. The molecular weight excluding hydrogens is 513 g/mol. The van der Waals surface area contributed by atoms with Crippen molar-refractivity contribution in [3.8, 4) is 0 Å². The fourth-order valence-electron chi connectivity index (χ4n) is 3.30. The van der Waals surface area contributed by atoms with Crippen LogP contribution in [0.15, 0.2) is 10.1 Å². The zero-order valence-corrected chi connectivity index (χ0v) is 20.1. The number of allylic oxidation sites excluding steroid dienone is 2. The van der Waals surface area contributed by atoms with E-state index in [0.717, 1.165) is 0 Å². The second kappa shape index (κ2) is 8.10. The summed E-state index contributed by atoms with van der Waals surface area (Å²) in [6.07, 6.45) is 0.555. The zero-order chi connectivity index (χ0) is 22.6. The minimum absolute atomic E-state index is 0.239. The predicted octanol–water partition coefficient (Wildman–Crippen LogP) is 4.67. The van der Waals surface area contributed by atoms with Crippen LogP contribution in [0.4, 0.5) is 0 Å². The number of carbonyl (C=O) groups is 3. The summed E-state index contributed by atoms with van der Waals surface area (Å²) in [5.74, 6) is -6.37. The normalized spacial score (nSPS) is 33.0. The van der Waals surface area contributed by atoms with Crippen LogP contribution >= 0.6 is 69.6 Å². The Morgan fingerprint density at radius 3 is 1.86 bits per heavy atom. The molecule has 0 amide bonds. The highest BCUT2D eigenvalue weighted by Gasteiger charge is 2.85. The first kappa shape index (κ1) is 25.2. The van der Waals surface area contributed by atoms with Crippen LogP contribution in [0.5, 0.6) is 0 Å². The molecule has 0 aromatic carbocycles. The average molecular weight is 531 g/mol. The number of fused-ring (bicyclic) bond motifs is 2. The van der Waals surface area contributed by atoms with E-state index in [-0.39, 0.29) is 23.3 Å². The van der Waals surface area contributed by atoms with Crippen molar-refractivity contribution in [2.45, 2.75) is 41.3 Å². The number of carbonyl (C=O) groups excluding carboxylic acids is 2. The highest BCUT2D eigenvalue weighted by Crippen LogP contribution is 2.76. The van der Waals surface area contributed by atoms with Gasteiger partial charge in [-0.15, -0.1) is 23.2 Å². The van der Waals surface area contributed by atoms with Gasteiger partial charge in [0.1, 0.15) is 23.0 Å². The molecule has 0 heterocycles. The number of rotatable bonds is 7. The molecule has 0 radical (unpaired) electrons. The van der Waals surface area contributed by atoms with Crippen LogP contribution in [0.25, 0.3) is 0 Å². The van der Waals surface area contributed by atoms with Crippen molar-refractivity contribution in [1.29, 1.82) is 0 Å². The quantitative estimate of drug-likeness (QED) is 0.292. The highest BCUT2D eigenvalue weighted by atomic mass is 35.5. The average Bonchev–Trinajstić information content (AvgIpc) is 2.84. The molecule has 0 aliphatic heterocycles. The third kappa shape index (κ3) is 3.42. The number of ether oxygens (including phenoxy) is 2. The van der Waals surface area contributed by atoms with E-state index in [1.807, 2.05) is 6.92 Å². The van der Waals surface area contributed by atoms with E-state index < -0.39 is 49.2 Å². The van der Waals surface area contributed by atoms with E-state index in [1.165, 1.54) is 0 Å². The van der Waals surface area contributed by atoms with Gasteiger partial charge in [-0.25, -0.2) is 0 Å². The molecule has 1 fully saturated rings. The molecule has 6 nitrogen and oxygen atoms in total. The van der Waals surface area contributed by atoms with Gasteiger partial charge in [-0.1, -0.05) is 53.3 Å². The SMILES string of the molecule is CCC(C)(C)C(=O)OCCOC(=O)C1C(C(=O)O)C2(Cl)C(Cl)=C(Cl)C1(Cl)C2(Cl)Cl. The van der Waals surface area contributed by atoms with Crippen LogP contribution in [0.1, 0.15) is 27.2 Å². The second-order valence-corrected chi connectivity index (χ2v) is 10.7. The van der Waals surface area contributed by atoms with Crippen molar-refractivity contribution >= 4 is 87.5 Å². The number of carboxylic acid groups (broad SMARTS) is 1. The Hall–Kier alpha value is -0.110. The molecule has 4 unspecified atom stereocenters. The maximum absolute atomic E-state index is 12.7. The summed E-state index contributed by atoms with van der Waals surface area (Å²) in [6.45, 7) is 4.67. The summed E-state index contributed by atoms with van der Waals surface area (Å²) in [7, 11) is 0. The van der Waals surface area contributed by atoms with Crippen molar-refractivity contribution in [2.24, 2.45) is 17.3 Å². The van der Waals surface area contributed by atoms with Crippen LogP contribution in [0, 0.1) is 17.3 Å². The number of hydrogen-bond acceptors (Lipinski definition) is 5. The zero-order valence-electron chi connectivity index (χ0n) is 15.5. The lowest BCUT2D eigenvalue weighted by atomic mass is 9.82. The Morgan fingerprint density at radius 1 is 0.966 bits per heavy atom. The number of hydrogen-bond donors (Lipinski definition) is 1. The van der Waals surface area contributed by atoms with Crippen LogP contribution in [0.2, 0.25) is 0 Å². The van der Waals surface area contributed by atoms with Crippen LogP contribution < -0.4 is 0 Å².